The van der Waals surface area contributed by atoms with Gasteiger partial charge in [0.15, 0.2) is 0 Å². The molecule has 2 atom stereocenters. The Kier molecular flexibility index (Phi) is 6.57. The quantitative estimate of drug-likeness (QED) is 0.611. The Morgan fingerprint density at radius 2 is 1.91 bits per heavy atom. The number of nitrogens with one attached hydrogen (secondary N) is 1. The Morgan fingerprint density at radius 1 is 1.27 bits per heavy atom. The Balaban J connectivity index is 3.27. The number of aliphatic hydroxyl groups is 1. The molecule has 2 heteroatoms. The van der Waals surface area contributed by atoms with Gasteiger partial charge >= 0.3 is 0 Å². The van der Waals surface area contributed by atoms with Crippen LogP contribution < -0.4 is 5.32 Å². The zero-order valence-electron chi connectivity index (χ0n) is 7.93. The smallest absolute Gasteiger partial charge is 0.0456 e. The summed E-state index contributed by atoms with van der Waals surface area (Å²) < 4.78 is 0. The molecule has 0 saturated carbocycles. The summed E-state index contributed by atoms with van der Waals surface area (Å²) >= 11 is 0. The van der Waals surface area contributed by atoms with Gasteiger partial charge in [0.25, 0.3) is 0 Å². The number of aliphatic hydroxyl groups excluding tert-OH is 1. The number of hydrogen-bond donors (Lipinski definition) is 2. The molecule has 11 heavy (non-hydrogen) atoms. The van der Waals surface area contributed by atoms with Crippen molar-refractivity contribution in [3.8, 4) is 0 Å². The van der Waals surface area contributed by atoms with Crippen LogP contribution in [0.15, 0.2) is 0 Å². The molecule has 0 rings (SSSR count). The van der Waals surface area contributed by atoms with E-state index in [1.54, 1.807) is 0 Å². The van der Waals surface area contributed by atoms with Crippen LogP contribution in [0.2, 0.25) is 0 Å². The summed E-state index contributed by atoms with van der Waals surface area (Å²) in [5, 5.41) is 12.1. The summed E-state index contributed by atoms with van der Waals surface area (Å²) in [5.74, 6) is 1.13. The molecule has 0 amide bonds. The highest BCUT2D eigenvalue weighted by atomic mass is 16.3. The number of rotatable bonds is 6. The van der Waals surface area contributed by atoms with Gasteiger partial charge in [-0.3, -0.25) is 0 Å². The van der Waals surface area contributed by atoms with E-state index in [-0.39, 0.29) is 0 Å². The Bertz CT molecular complexity index is 85.6. The molecule has 0 saturated heterocycles. The first-order valence-electron chi connectivity index (χ1n) is 4.52. The maximum absolute atomic E-state index is 8.79. The zero-order valence-corrected chi connectivity index (χ0v) is 7.93. The molecule has 0 aliphatic heterocycles. The van der Waals surface area contributed by atoms with Crippen LogP contribution in [0.3, 0.4) is 0 Å². The second-order valence-corrected chi connectivity index (χ2v) is 3.44. The van der Waals surface area contributed by atoms with Gasteiger partial charge < -0.3 is 10.4 Å². The highest BCUT2D eigenvalue weighted by Crippen LogP contribution is 2.09. The molecule has 2 N–H and O–H groups in total. The first-order chi connectivity index (χ1) is 5.20. The average Bonchev–Trinajstić information content (AvgIpc) is 2.00. The van der Waals surface area contributed by atoms with Crippen molar-refractivity contribution in [3.63, 3.8) is 0 Å². The van der Waals surface area contributed by atoms with Crippen molar-refractivity contribution in [3.05, 3.63) is 0 Å². The molecule has 0 radical (unpaired) electrons. The van der Waals surface area contributed by atoms with E-state index in [1.807, 2.05) is 0 Å². The minimum Gasteiger partial charge on any atom is -0.396 e. The minimum atomic E-state index is 0.316. The van der Waals surface area contributed by atoms with Crippen LogP contribution in [0.5, 0.6) is 0 Å². The van der Waals surface area contributed by atoms with Crippen molar-refractivity contribution in [2.45, 2.75) is 27.2 Å². The number of hydrogen-bond acceptors (Lipinski definition) is 2. The van der Waals surface area contributed by atoms with Crippen LogP contribution >= 0.6 is 0 Å². The molecule has 0 heterocycles. The van der Waals surface area contributed by atoms with E-state index in [4.69, 9.17) is 5.11 Å². The van der Waals surface area contributed by atoms with Crippen LogP contribution in [0.4, 0.5) is 0 Å². The van der Waals surface area contributed by atoms with Crippen molar-refractivity contribution in [2.75, 3.05) is 19.7 Å². The SMILES string of the molecule is CCNCC(C)CC(C)CO. The van der Waals surface area contributed by atoms with Crippen LogP contribution in [-0.4, -0.2) is 24.8 Å². The van der Waals surface area contributed by atoms with Gasteiger partial charge in [-0.25, -0.2) is 0 Å². The van der Waals surface area contributed by atoms with E-state index in [0.29, 0.717) is 18.4 Å². The molecule has 2 unspecified atom stereocenters. The van der Waals surface area contributed by atoms with Crippen LogP contribution in [-0.2, 0) is 0 Å². The Hall–Kier alpha value is -0.0800. The second kappa shape index (κ2) is 6.62. The van der Waals surface area contributed by atoms with E-state index in [1.165, 1.54) is 0 Å². The standard InChI is InChI=1S/C9H21NO/c1-4-10-6-8(2)5-9(3)7-11/h8-11H,4-7H2,1-3H3. The topological polar surface area (TPSA) is 32.3 Å². The summed E-state index contributed by atoms with van der Waals surface area (Å²) in [5.41, 5.74) is 0. The fraction of sp³-hybridized carbons (Fsp3) is 1.00. The van der Waals surface area contributed by atoms with E-state index in [9.17, 15) is 0 Å². The minimum absolute atomic E-state index is 0.316. The Morgan fingerprint density at radius 3 is 2.36 bits per heavy atom. The third kappa shape index (κ3) is 6.32. The summed E-state index contributed by atoms with van der Waals surface area (Å²) in [6, 6.07) is 0. The van der Waals surface area contributed by atoms with Crippen molar-refractivity contribution < 1.29 is 5.11 Å². The van der Waals surface area contributed by atoms with Crippen LogP contribution in [0, 0.1) is 11.8 Å². The van der Waals surface area contributed by atoms with E-state index in [2.05, 4.69) is 26.1 Å². The summed E-state index contributed by atoms with van der Waals surface area (Å²) in [6.45, 7) is 8.84. The first kappa shape index (κ1) is 10.9. The van der Waals surface area contributed by atoms with Gasteiger partial charge in [0.2, 0.25) is 0 Å². The van der Waals surface area contributed by atoms with Gasteiger partial charge in [-0.1, -0.05) is 20.8 Å². The normalized spacial score (nSPS) is 16.4. The van der Waals surface area contributed by atoms with Gasteiger partial charge in [0.1, 0.15) is 0 Å². The lowest BCUT2D eigenvalue weighted by molar-refractivity contribution is 0.214. The lowest BCUT2D eigenvalue weighted by Crippen LogP contribution is -2.22. The maximum atomic E-state index is 8.79. The summed E-state index contributed by atoms with van der Waals surface area (Å²) in [4.78, 5) is 0. The van der Waals surface area contributed by atoms with E-state index in [0.717, 1.165) is 19.5 Å². The maximum Gasteiger partial charge on any atom is 0.0456 e. The van der Waals surface area contributed by atoms with Crippen molar-refractivity contribution >= 4 is 0 Å². The third-order valence-corrected chi connectivity index (χ3v) is 1.86. The third-order valence-electron chi connectivity index (χ3n) is 1.86. The molecular weight excluding hydrogens is 138 g/mol. The first-order valence-corrected chi connectivity index (χ1v) is 4.52. The fourth-order valence-electron chi connectivity index (χ4n) is 1.24. The summed E-state index contributed by atoms with van der Waals surface area (Å²) in [6.07, 6.45) is 1.11. The molecule has 0 aromatic rings. The molecule has 68 valence electrons. The molecule has 0 aromatic heterocycles. The Labute approximate surface area is 70.0 Å². The van der Waals surface area contributed by atoms with E-state index >= 15 is 0 Å². The molecule has 0 aliphatic carbocycles. The van der Waals surface area contributed by atoms with Crippen molar-refractivity contribution in [1.29, 1.82) is 0 Å². The van der Waals surface area contributed by atoms with Gasteiger partial charge in [-0.05, 0) is 31.3 Å². The lowest BCUT2D eigenvalue weighted by atomic mass is 9.98. The molecule has 2 nitrogen and oxygen atoms in total. The van der Waals surface area contributed by atoms with E-state index < -0.39 is 0 Å². The van der Waals surface area contributed by atoms with Gasteiger partial charge in [0, 0.05) is 6.61 Å². The average molecular weight is 159 g/mol. The second-order valence-electron chi connectivity index (χ2n) is 3.44. The summed E-state index contributed by atoms with van der Waals surface area (Å²) in [7, 11) is 0. The highest BCUT2D eigenvalue weighted by molar-refractivity contribution is 4.60. The predicted octanol–water partition coefficient (Wildman–Crippen LogP) is 1.25. The van der Waals surface area contributed by atoms with Crippen molar-refractivity contribution in [2.24, 2.45) is 11.8 Å². The predicted molar refractivity (Wildman–Crippen MR) is 48.6 cm³/mol. The monoisotopic (exact) mass is 159 g/mol. The van der Waals surface area contributed by atoms with Gasteiger partial charge in [0.05, 0.1) is 0 Å². The largest absolute Gasteiger partial charge is 0.396 e. The lowest BCUT2D eigenvalue weighted by Gasteiger charge is -2.15. The van der Waals surface area contributed by atoms with Gasteiger partial charge in [-0.2, -0.15) is 0 Å². The molecule has 0 aromatic carbocycles. The van der Waals surface area contributed by atoms with Gasteiger partial charge in [-0.15, -0.1) is 0 Å². The van der Waals surface area contributed by atoms with Crippen LogP contribution in [0.1, 0.15) is 27.2 Å². The molecule has 0 spiro atoms. The van der Waals surface area contributed by atoms with Crippen LogP contribution in [0.25, 0.3) is 0 Å². The zero-order chi connectivity index (χ0) is 8.69. The molecule has 0 aliphatic rings. The van der Waals surface area contributed by atoms with Crippen molar-refractivity contribution in [1.82, 2.24) is 5.32 Å². The molecule has 0 fully saturated rings. The molecular formula is C9H21NO. The molecule has 0 bridgehead atoms. The fourth-order valence-corrected chi connectivity index (χ4v) is 1.24. The highest BCUT2D eigenvalue weighted by Gasteiger charge is 2.06.